The third-order valence-corrected chi connectivity index (χ3v) is 19.2. The van der Waals surface area contributed by atoms with E-state index in [0.717, 1.165) is 86.2 Å². The number of fused-ring (bicyclic) bond motifs is 7. The predicted octanol–water partition coefficient (Wildman–Crippen LogP) is 8.40. The number of aromatic nitrogens is 2. The average Bonchev–Trinajstić information content (AvgIpc) is 3.48. The first-order valence-electron chi connectivity index (χ1n) is 24.7. The molecule has 2 saturated heterocycles. The van der Waals surface area contributed by atoms with Crippen LogP contribution < -0.4 is 5.32 Å². The van der Waals surface area contributed by atoms with Crippen LogP contribution in [0.1, 0.15) is 134 Å². The van der Waals surface area contributed by atoms with Gasteiger partial charge in [0.25, 0.3) is 0 Å². The molecule has 344 valence electrons. The van der Waals surface area contributed by atoms with E-state index >= 15 is 4.79 Å². The molecule has 2 bridgehead atoms. The fraction of sp³-hybridized carbons (Fsp3) is 0.673. The second-order valence-electron chi connectivity index (χ2n) is 23.1. The van der Waals surface area contributed by atoms with Gasteiger partial charge in [0.1, 0.15) is 11.9 Å². The van der Waals surface area contributed by atoms with Gasteiger partial charge in [-0.3, -0.25) is 9.59 Å². The van der Waals surface area contributed by atoms with Crippen molar-refractivity contribution in [3.8, 4) is 11.8 Å². The standard InChI is InChI=1S/C55H73N3O6/c1-31-23-33(26-35(24-31)34-15-21-63-22-16-34)27-37-39-12-10-11-36-28-44(61)52(5,18-20-56-9)43-13-17-53(6)49(55(36,43)8)48(62)38(30-58(39)40-14-19-57-47(37)40)46-45(42(60)29-54(46,53)7)32(2)25-41(59)50-51(3,4)64-50/h14,19,23-24,26,32,34,36,38,41,43,48-50,56-57,59,62H,12-13,15-18,20-22,25,27-30H2,1-9H3. The first-order valence-corrected chi connectivity index (χ1v) is 24.7. The van der Waals surface area contributed by atoms with E-state index in [4.69, 9.17) is 9.47 Å². The number of allylic oxidation sites excluding steroid dienone is 1. The van der Waals surface area contributed by atoms with Crippen molar-refractivity contribution in [1.82, 2.24) is 14.9 Å². The predicted molar refractivity (Wildman–Crippen MR) is 250 cm³/mol. The molecule has 9 nitrogen and oxygen atoms in total. The zero-order chi connectivity index (χ0) is 45.3. The van der Waals surface area contributed by atoms with E-state index in [1.807, 2.05) is 27.1 Å². The van der Waals surface area contributed by atoms with Crippen LogP contribution in [-0.2, 0) is 38.4 Å². The lowest BCUT2D eigenvalue weighted by molar-refractivity contribution is -0.232. The molecule has 0 amide bonds. The molecule has 3 aliphatic heterocycles. The highest BCUT2D eigenvalue weighted by molar-refractivity contribution is 6.01. The molecular weight excluding hydrogens is 799 g/mol. The number of ketones is 2. The minimum Gasteiger partial charge on any atom is -0.392 e. The Bertz CT molecular complexity index is 2480. The smallest absolute Gasteiger partial charge is 0.160 e. The number of rotatable bonds is 10. The van der Waals surface area contributed by atoms with Crippen LogP contribution >= 0.6 is 0 Å². The summed E-state index contributed by atoms with van der Waals surface area (Å²) in [4.78, 5) is 33.4. The summed E-state index contributed by atoms with van der Waals surface area (Å²) in [5, 5.41) is 28.7. The fourth-order valence-corrected chi connectivity index (χ4v) is 15.8. The lowest BCUT2D eigenvalue weighted by atomic mass is 9.33. The molecule has 9 heteroatoms. The maximum Gasteiger partial charge on any atom is 0.160 e. The number of hydrogen-bond acceptors (Lipinski definition) is 7. The normalized spacial score (nSPS) is 37.7. The van der Waals surface area contributed by atoms with Crippen LogP contribution in [-0.4, -0.2) is 82.0 Å². The number of ether oxygens (including phenoxy) is 2. The van der Waals surface area contributed by atoms with Gasteiger partial charge in [0, 0.05) is 85.6 Å². The molecule has 5 fully saturated rings. The summed E-state index contributed by atoms with van der Waals surface area (Å²) in [6.07, 6.45) is 7.20. The maximum atomic E-state index is 15.0. The van der Waals surface area contributed by atoms with E-state index in [-0.39, 0.29) is 47.1 Å². The van der Waals surface area contributed by atoms with E-state index in [2.05, 4.69) is 92.5 Å². The molecule has 5 heterocycles. The summed E-state index contributed by atoms with van der Waals surface area (Å²) in [5.41, 5.74) is 7.97. The van der Waals surface area contributed by atoms with E-state index in [1.54, 1.807) is 0 Å². The van der Waals surface area contributed by atoms with Crippen molar-refractivity contribution in [2.45, 2.75) is 156 Å². The molecule has 12 atom stereocenters. The molecule has 7 aliphatic rings. The van der Waals surface area contributed by atoms with Gasteiger partial charge in [-0.05, 0) is 136 Å². The number of Topliss-reactive ketones (excluding diaryl/α,β-unsaturated/α-hetero) is 2. The minimum atomic E-state index is -0.791. The minimum absolute atomic E-state index is 0.0294. The number of aliphatic hydroxyl groups is 2. The number of H-pyrrole nitrogens is 1. The Hall–Kier alpha value is -3.52. The summed E-state index contributed by atoms with van der Waals surface area (Å²) in [6, 6.07) is 9.25. The quantitative estimate of drug-likeness (QED) is 0.119. The second kappa shape index (κ2) is 15.5. The number of epoxide rings is 1. The molecule has 3 aromatic rings. The number of carbonyl (C=O) groups excluding carboxylic acids is 2. The van der Waals surface area contributed by atoms with Crippen molar-refractivity contribution in [2.75, 3.05) is 26.8 Å². The molecule has 12 unspecified atom stereocenters. The van der Waals surface area contributed by atoms with Crippen LogP contribution in [0.3, 0.4) is 0 Å². The first kappa shape index (κ1) is 44.3. The molecule has 1 aromatic carbocycles. The lowest BCUT2D eigenvalue weighted by Gasteiger charge is -2.71. The monoisotopic (exact) mass is 872 g/mol. The van der Waals surface area contributed by atoms with Crippen LogP contribution in [0, 0.1) is 70.0 Å². The van der Waals surface area contributed by atoms with Crippen molar-refractivity contribution in [3.63, 3.8) is 0 Å². The number of aromatic amines is 1. The molecule has 2 aromatic heterocycles. The van der Waals surface area contributed by atoms with Gasteiger partial charge in [0.2, 0.25) is 0 Å². The molecule has 64 heavy (non-hydrogen) atoms. The SMILES string of the molecule is CNCCC1(C)C(=O)CC2C#CCc3c(Cc4cc(C)cc(C5CCOCC5)c4)c4[nH]ccc4n3CC3C4=C(C(C)CC(O)C5OC5(C)C)C(=O)CC4(C)C4(C)CCC1C2(C)C4C3O. The largest absolute Gasteiger partial charge is 0.392 e. The highest BCUT2D eigenvalue weighted by Gasteiger charge is 2.74. The van der Waals surface area contributed by atoms with Gasteiger partial charge in [-0.15, -0.1) is 0 Å². The third kappa shape index (κ3) is 6.49. The molecular formula is C55H73N3O6. The molecule has 4 aliphatic carbocycles. The summed E-state index contributed by atoms with van der Waals surface area (Å²) >= 11 is 0. The van der Waals surface area contributed by atoms with Crippen molar-refractivity contribution in [2.24, 2.45) is 51.2 Å². The van der Waals surface area contributed by atoms with Crippen LogP contribution in [0.15, 0.2) is 41.6 Å². The number of aryl methyl sites for hydroxylation is 1. The van der Waals surface area contributed by atoms with E-state index < -0.39 is 33.9 Å². The first-order chi connectivity index (χ1) is 30.4. The number of carbonyl (C=O) groups is 2. The third-order valence-electron chi connectivity index (χ3n) is 19.2. The zero-order valence-electron chi connectivity index (χ0n) is 40.0. The highest BCUT2D eigenvalue weighted by Crippen LogP contribution is 2.76. The number of nitrogens with one attached hydrogen (secondary N) is 2. The molecule has 0 spiro atoms. The Morgan fingerprint density at radius 2 is 1.81 bits per heavy atom. The number of nitrogens with zero attached hydrogens (tertiary/aromatic N) is 1. The average molecular weight is 872 g/mol. The Labute approximate surface area is 380 Å². The lowest BCUT2D eigenvalue weighted by Crippen LogP contribution is -2.70. The maximum absolute atomic E-state index is 15.0. The van der Waals surface area contributed by atoms with Crippen molar-refractivity contribution >= 4 is 22.6 Å². The van der Waals surface area contributed by atoms with Crippen molar-refractivity contribution in [1.29, 1.82) is 0 Å². The van der Waals surface area contributed by atoms with Crippen LogP contribution in [0.4, 0.5) is 0 Å². The summed E-state index contributed by atoms with van der Waals surface area (Å²) in [6.45, 7) is 20.5. The molecule has 10 rings (SSSR count). The van der Waals surface area contributed by atoms with Crippen molar-refractivity contribution < 1.29 is 29.3 Å². The topological polar surface area (TPSA) is 129 Å². The number of hydrogen-bond donors (Lipinski definition) is 4. The molecule has 3 saturated carbocycles. The Morgan fingerprint density at radius 3 is 2.53 bits per heavy atom. The molecule has 4 N–H and O–H groups in total. The Kier molecular flexibility index (Phi) is 10.7. The van der Waals surface area contributed by atoms with Gasteiger partial charge in [-0.2, -0.15) is 0 Å². The summed E-state index contributed by atoms with van der Waals surface area (Å²) in [7, 11) is 1.96. The van der Waals surface area contributed by atoms with Crippen LogP contribution in [0.25, 0.3) is 11.0 Å². The van der Waals surface area contributed by atoms with E-state index in [1.165, 1.54) is 22.3 Å². The van der Waals surface area contributed by atoms with Crippen LogP contribution in [0.5, 0.6) is 0 Å². The van der Waals surface area contributed by atoms with Gasteiger partial charge in [-0.25, -0.2) is 0 Å². The fourth-order valence-electron chi connectivity index (χ4n) is 15.8. The van der Waals surface area contributed by atoms with Crippen molar-refractivity contribution in [3.05, 3.63) is 69.6 Å². The number of benzene rings is 1. The van der Waals surface area contributed by atoms with Gasteiger partial charge >= 0.3 is 0 Å². The molecule has 0 radical (unpaired) electrons. The van der Waals surface area contributed by atoms with E-state index in [9.17, 15) is 15.0 Å². The van der Waals surface area contributed by atoms with E-state index in [0.29, 0.717) is 43.9 Å². The second-order valence-corrected chi connectivity index (χ2v) is 23.1. The van der Waals surface area contributed by atoms with Gasteiger partial charge in [0.05, 0.1) is 28.8 Å². The number of aliphatic hydroxyl groups excluding tert-OH is 2. The zero-order valence-corrected chi connectivity index (χ0v) is 40.0. The highest BCUT2D eigenvalue weighted by atomic mass is 16.6. The van der Waals surface area contributed by atoms with Gasteiger partial charge < -0.3 is 34.6 Å². The summed E-state index contributed by atoms with van der Waals surface area (Å²) < 4.78 is 14.1. The summed E-state index contributed by atoms with van der Waals surface area (Å²) in [5.74, 6) is 7.53. The Balaban J connectivity index is 1.16. The van der Waals surface area contributed by atoms with Crippen LogP contribution in [0.2, 0.25) is 0 Å². The Morgan fingerprint density at radius 1 is 1.06 bits per heavy atom. The van der Waals surface area contributed by atoms with Gasteiger partial charge in [-0.1, -0.05) is 70.2 Å². The van der Waals surface area contributed by atoms with Gasteiger partial charge in [0.15, 0.2) is 5.78 Å².